The van der Waals surface area contributed by atoms with Crippen molar-refractivity contribution in [2.45, 2.75) is 38.7 Å². The van der Waals surface area contributed by atoms with Gasteiger partial charge in [-0.2, -0.15) is 0 Å². The number of rotatable bonds is 0. The van der Waals surface area contributed by atoms with E-state index in [1.54, 1.807) is 5.57 Å². The van der Waals surface area contributed by atoms with E-state index in [2.05, 4.69) is 13.0 Å². The molecule has 1 nitrogen and oxygen atoms in total. The fourth-order valence-corrected chi connectivity index (χ4v) is 3.76. The Hall–Kier alpha value is -0.300. The van der Waals surface area contributed by atoms with Gasteiger partial charge in [0, 0.05) is 12.5 Å². The molecule has 0 N–H and O–H groups in total. The lowest BCUT2D eigenvalue weighted by atomic mass is 9.79. The van der Waals surface area contributed by atoms with E-state index in [0.717, 1.165) is 24.4 Å². The lowest BCUT2D eigenvalue weighted by Gasteiger charge is -2.36. The van der Waals surface area contributed by atoms with E-state index in [9.17, 15) is 0 Å². The van der Waals surface area contributed by atoms with Crippen molar-refractivity contribution in [3.8, 4) is 0 Å². The Bertz CT molecular complexity index is 244. The Labute approximate surface area is 80.2 Å². The normalized spacial score (nSPS) is 51.3. The Morgan fingerprint density at radius 1 is 1.46 bits per heavy atom. The Balaban J connectivity index is 1.87. The summed E-state index contributed by atoms with van der Waals surface area (Å²) in [5.74, 6) is 2.70. The summed E-state index contributed by atoms with van der Waals surface area (Å²) >= 11 is 0. The lowest BCUT2D eigenvalue weighted by Crippen LogP contribution is -2.35. The van der Waals surface area contributed by atoms with Crippen molar-refractivity contribution in [3.63, 3.8) is 0 Å². The third kappa shape index (κ3) is 1.03. The molecule has 2 bridgehead atoms. The summed E-state index contributed by atoms with van der Waals surface area (Å²) in [6, 6.07) is 0. The van der Waals surface area contributed by atoms with Gasteiger partial charge in [0.05, 0.1) is 6.10 Å². The van der Waals surface area contributed by atoms with Crippen LogP contribution in [0, 0.1) is 17.8 Å². The van der Waals surface area contributed by atoms with Crippen LogP contribution in [0.25, 0.3) is 0 Å². The molecule has 4 unspecified atom stereocenters. The Morgan fingerprint density at radius 2 is 2.38 bits per heavy atom. The summed E-state index contributed by atoms with van der Waals surface area (Å²) in [5, 5.41) is 0. The first-order valence-electron chi connectivity index (χ1n) is 5.67. The maximum Gasteiger partial charge on any atom is 0.0671 e. The molecule has 2 aliphatic carbocycles. The average Bonchev–Trinajstić information content (AvgIpc) is 2.75. The molecule has 1 aliphatic heterocycles. The first-order chi connectivity index (χ1) is 6.40. The van der Waals surface area contributed by atoms with Crippen LogP contribution >= 0.6 is 0 Å². The second-order valence-corrected chi connectivity index (χ2v) is 4.81. The molecule has 0 spiro atoms. The summed E-state index contributed by atoms with van der Waals surface area (Å²) in [5.41, 5.74) is 1.69. The molecular formula is C12H18O. The predicted octanol–water partition coefficient (Wildman–Crippen LogP) is 2.77. The molecule has 0 amide bonds. The number of hydrogen-bond donors (Lipinski definition) is 0. The van der Waals surface area contributed by atoms with Crippen LogP contribution in [0.1, 0.15) is 32.6 Å². The monoisotopic (exact) mass is 178 g/mol. The standard InChI is InChI=1S/C12H18O/c1-2-8-6-9-7-11(8)12-10(9)4-3-5-13-12/h2,9-12H,3-7H2,1H3/b8-2+. The molecule has 3 aliphatic rings. The van der Waals surface area contributed by atoms with Crippen LogP contribution < -0.4 is 0 Å². The number of allylic oxidation sites excluding steroid dienone is 1. The van der Waals surface area contributed by atoms with E-state index in [1.807, 2.05) is 0 Å². The highest BCUT2D eigenvalue weighted by Gasteiger charge is 2.51. The second kappa shape index (κ2) is 2.84. The number of ether oxygens (including phenoxy) is 1. The molecule has 1 heteroatoms. The van der Waals surface area contributed by atoms with Crippen molar-refractivity contribution >= 4 is 0 Å². The molecular weight excluding hydrogens is 160 g/mol. The molecule has 3 fully saturated rings. The van der Waals surface area contributed by atoms with Crippen molar-refractivity contribution in [3.05, 3.63) is 11.6 Å². The third-order valence-corrected chi connectivity index (χ3v) is 4.32. The molecule has 4 atom stereocenters. The predicted molar refractivity (Wildman–Crippen MR) is 52.4 cm³/mol. The molecule has 0 aromatic carbocycles. The summed E-state index contributed by atoms with van der Waals surface area (Å²) in [7, 11) is 0. The van der Waals surface area contributed by atoms with Gasteiger partial charge in [-0.15, -0.1) is 0 Å². The zero-order valence-corrected chi connectivity index (χ0v) is 8.33. The van der Waals surface area contributed by atoms with Crippen molar-refractivity contribution in [1.29, 1.82) is 0 Å². The van der Waals surface area contributed by atoms with Gasteiger partial charge in [0.1, 0.15) is 0 Å². The topological polar surface area (TPSA) is 9.23 Å². The maximum absolute atomic E-state index is 5.93. The van der Waals surface area contributed by atoms with Gasteiger partial charge in [0.2, 0.25) is 0 Å². The van der Waals surface area contributed by atoms with Crippen LogP contribution in [0.4, 0.5) is 0 Å². The molecule has 13 heavy (non-hydrogen) atoms. The molecule has 0 aromatic heterocycles. The van der Waals surface area contributed by atoms with Gasteiger partial charge >= 0.3 is 0 Å². The van der Waals surface area contributed by atoms with Crippen LogP contribution in [0.2, 0.25) is 0 Å². The van der Waals surface area contributed by atoms with E-state index in [-0.39, 0.29) is 0 Å². The maximum atomic E-state index is 5.93. The largest absolute Gasteiger partial charge is 0.377 e. The highest BCUT2D eigenvalue weighted by atomic mass is 16.5. The van der Waals surface area contributed by atoms with E-state index in [1.165, 1.54) is 25.7 Å². The zero-order chi connectivity index (χ0) is 8.84. The summed E-state index contributed by atoms with van der Waals surface area (Å²) < 4.78 is 5.93. The van der Waals surface area contributed by atoms with Crippen LogP contribution in [0.3, 0.4) is 0 Å². The fourth-order valence-electron chi connectivity index (χ4n) is 3.76. The van der Waals surface area contributed by atoms with Gasteiger partial charge in [-0.25, -0.2) is 0 Å². The minimum Gasteiger partial charge on any atom is -0.377 e. The van der Waals surface area contributed by atoms with Crippen molar-refractivity contribution in [1.82, 2.24) is 0 Å². The minimum atomic E-state index is 0.610. The van der Waals surface area contributed by atoms with Gasteiger partial charge in [-0.05, 0) is 44.4 Å². The number of hydrogen-bond acceptors (Lipinski definition) is 1. The highest BCUT2D eigenvalue weighted by Crippen LogP contribution is 2.55. The summed E-state index contributed by atoms with van der Waals surface area (Å²) in [4.78, 5) is 0. The average molecular weight is 178 g/mol. The smallest absolute Gasteiger partial charge is 0.0671 e. The van der Waals surface area contributed by atoms with E-state index >= 15 is 0 Å². The highest BCUT2D eigenvalue weighted by molar-refractivity contribution is 5.21. The fraction of sp³-hybridized carbons (Fsp3) is 0.833. The van der Waals surface area contributed by atoms with E-state index < -0.39 is 0 Å². The van der Waals surface area contributed by atoms with Crippen LogP contribution in [0.15, 0.2) is 11.6 Å². The van der Waals surface area contributed by atoms with Crippen molar-refractivity contribution in [2.75, 3.05) is 6.61 Å². The molecule has 2 saturated carbocycles. The third-order valence-electron chi connectivity index (χ3n) is 4.32. The van der Waals surface area contributed by atoms with Crippen molar-refractivity contribution < 1.29 is 4.74 Å². The first-order valence-corrected chi connectivity index (χ1v) is 5.67. The molecule has 1 heterocycles. The summed E-state index contributed by atoms with van der Waals surface area (Å²) in [6.07, 6.45) is 8.48. The molecule has 3 rings (SSSR count). The number of fused-ring (bicyclic) bond motifs is 5. The van der Waals surface area contributed by atoms with Crippen LogP contribution in [-0.2, 0) is 4.74 Å². The van der Waals surface area contributed by atoms with Gasteiger partial charge in [0.25, 0.3) is 0 Å². The Morgan fingerprint density at radius 3 is 3.23 bits per heavy atom. The van der Waals surface area contributed by atoms with Crippen LogP contribution in [0.5, 0.6) is 0 Å². The van der Waals surface area contributed by atoms with Gasteiger partial charge in [0.15, 0.2) is 0 Å². The minimum absolute atomic E-state index is 0.610. The van der Waals surface area contributed by atoms with E-state index in [0.29, 0.717) is 6.10 Å². The Kier molecular flexibility index (Phi) is 1.76. The first kappa shape index (κ1) is 8.05. The lowest BCUT2D eigenvalue weighted by molar-refractivity contribution is -0.0423. The van der Waals surface area contributed by atoms with Crippen LogP contribution in [-0.4, -0.2) is 12.7 Å². The van der Waals surface area contributed by atoms with E-state index in [4.69, 9.17) is 4.74 Å². The quantitative estimate of drug-likeness (QED) is 0.518. The van der Waals surface area contributed by atoms with Crippen molar-refractivity contribution in [2.24, 2.45) is 17.8 Å². The molecule has 1 saturated heterocycles. The van der Waals surface area contributed by atoms with Gasteiger partial charge < -0.3 is 4.74 Å². The second-order valence-electron chi connectivity index (χ2n) is 4.81. The summed E-state index contributed by atoms with van der Waals surface area (Å²) in [6.45, 7) is 3.20. The SMILES string of the molecule is C/C=C1\CC2CC1C1OCCCC21. The van der Waals surface area contributed by atoms with Gasteiger partial charge in [-0.1, -0.05) is 11.6 Å². The molecule has 0 aromatic rings. The zero-order valence-electron chi connectivity index (χ0n) is 8.33. The molecule has 0 radical (unpaired) electrons. The van der Waals surface area contributed by atoms with Gasteiger partial charge in [-0.3, -0.25) is 0 Å². The molecule has 72 valence electrons.